The van der Waals surface area contributed by atoms with E-state index in [4.69, 9.17) is 17.3 Å². The van der Waals surface area contributed by atoms with E-state index in [1.54, 1.807) is 23.8 Å². The zero-order chi connectivity index (χ0) is 11.2. The van der Waals surface area contributed by atoms with E-state index >= 15 is 0 Å². The number of halogens is 2. The van der Waals surface area contributed by atoms with E-state index in [1.807, 2.05) is 0 Å². The summed E-state index contributed by atoms with van der Waals surface area (Å²) in [6, 6.07) is 2.78. The van der Waals surface area contributed by atoms with Gasteiger partial charge in [0.1, 0.15) is 5.82 Å². The molecular weight excluding hydrogens is 219 g/mol. The minimum Gasteiger partial charge on any atom is -0.368 e. The molecule has 0 fully saturated rings. The molecule has 80 valence electrons. The number of nitrogens with zero attached hydrogens (tertiary/aromatic N) is 3. The Labute approximate surface area is 91.0 Å². The first-order valence-electron chi connectivity index (χ1n) is 4.31. The van der Waals surface area contributed by atoms with Crippen molar-refractivity contribution in [1.82, 2.24) is 9.66 Å². The molecule has 0 aliphatic rings. The first-order valence-corrected chi connectivity index (χ1v) is 4.69. The Morgan fingerprint density at radius 1 is 1.47 bits per heavy atom. The molecule has 1 heterocycles. The van der Waals surface area contributed by atoms with Crippen LogP contribution in [0.5, 0.6) is 0 Å². The van der Waals surface area contributed by atoms with Gasteiger partial charge in [0.2, 0.25) is 5.95 Å². The summed E-state index contributed by atoms with van der Waals surface area (Å²) < 4.78 is 14.9. The van der Waals surface area contributed by atoms with Crippen LogP contribution in [0.4, 0.5) is 10.3 Å². The first-order chi connectivity index (χ1) is 7.00. The van der Waals surface area contributed by atoms with Gasteiger partial charge in [-0.3, -0.25) is 0 Å². The van der Waals surface area contributed by atoms with E-state index in [0.717, 1.165) is 0 Å². The normalized spacial score (nSPS) is 10.9. The Balaban J connectivity index is 2.81. The van der Waals surface area contributed by atoms with Crippen molar-refractivity contribution in [3.05, 3.63) is 23.0 Å². The minimum absolute atomic E-state index is 0.0471. The molecule has 2 N–H and O–H groups in total. The highest BCUT2D eigenvalue weighted by Crippen LogP contribution is 2.24. The van der Waals surface area contributed by atoms with Crippen LogP contribution in [0.1, 0.15) is 0 Å². The molecule has 0 amide bonds. The molecule has 0 bridgehead atoms. The fourth-order valence-electron chi connectivity index (χ4n) is 1.50. The third-order valence-electron chi connectivity index (χ3n) is 2.10. The third-order valence-corrected chi connectivity index (χ3v) is 2.39. The van der Waals surface area contributed by atoms with E-state index in [-0.39, 0.29) is 5.02 Å². The lowest BCUT2D eigenvalue weighted by Gasteiger charge is -2.16. The monoisotopic (exact) mass is 228 g/mol. The lowest BCUT2D eigenvalue weighted by Crippen LogP contribution is -2.26. The molecule has 0 radical (unpaired) electrons. The standard InChI is InChI=1S/C9H10ClFN4/c1-14(2)15-8-4-6(11)5(10)3-7(8)13-9(15)12/h3-4H,1-2H3,(H2,12,13). The summed E-state index contributed by atoms with van der Waals surface area (Å²) in [4.78, 5) is 4.08. The van der Waals surface area contributed by atoms with Crippen LogP contribution in [0.15, 0.2) is 12.1 Å². The highest BCUT2D eigenvalue weighted by molar-refractivity contribution is 6.31. The van der Waals surface area contributed by atoms with Crippen LogP contribution in [-0.4, -0.2) is 23.8 Å². The summed E-state index contributed by atoms with van der Waals surface area (Å²) in [7, 11) is 3.59. The molecule has 0 unspecified atom stereocenters. The number of imidazole rings is 1. The summed E-state index contributed by atoms with van der Waals surface area (Å²) in [5.41, 5.74) is 6.87. The van der Waals surface area contributed by atoms with Crippen LogP contribution in [0, 0.1) is 5.82 Å². The second-order valence-corrected chi connectivity index (χ2v) is 3.79. The molecule has 1 aromatic carbocycles. The van der Waals surface area contributed by atoms with Gasteiger partial charge in [-0.2, -0.15) is 0 Å². The van der Waals surface area contributed by atoms with Gasteiger partial charge in [-0.1, -0.05) is 11.6 Å². The second kappa shape index (κ2) is 3.27. The molecule has 0 spiro atoms. The average molecular weight is 229 g/mol. The van der Waals surface area contributed by atoms with Crippen LogP contribution in [0.3, 0.4) is 0 Å². The van der Waals surface area contributed by atoms with Gasteiger partial charge in [-0.25, -0.2) is 14.1 Å². The van der Waals surface area contributed by atoms with Crippen LogP contribution in [-0.2, 0) is 0 Å². The number of hydrogen-bond donors (Lipinski definition) is 1. The third kappa shape index (κ3) is 1.48. The van der Waals surface area contributed by atoms with Crippen LogP contribution in [0.2, 0.25) is 5.02 Å². The van der Waals surface area contributed by atoms with Gasteiger partial charge < -0.3 is 10.7 Å². The predicted octanol–water partition coefficient (Wildman–Crippen LogP) is 1.61. The van der Waals surface area contributed by atoms with Crippen LogP contribution in [0.25, 0.3) is 11.0 Å². The Morgan fingerprint density at radius 3 is 2.73 bits per heavy atom. The highest BCUT2D eigenvalue weighted by atomic mass is 35.5. The van der Waals surface area contributed by atoms with Gasteiger partial charge in [0.05, 0.1) is 16.1 Å². The molecule has 1 aromatic heterocycles. The Morgan fingerprint density at radius 2 is 2.13 bits per heavy atom. The van der Waals surface area contributed by atoms with Gasteiger partial charge in [-0.05, 0) is 6.07 Å². The van der Waals surface area contributed by atoms with Gasteiger partial charge in [0.15, 0.2) is 0 Å². The van der Waals surface area contributed by atoms with E-state index in [1.165, 1.54) is 12.1 Å². The molecule has 2 rings (SSSR count). The molecule has 15 heavy (non-hydrogen) atoms. The molecule has 0 saturated heterocycles. The second-order valence-electron chi connectivity index (χ2n) is 3.38. The minimum atomic E-state index is -0.479. The molecule has 2 aromatic rings. The number of benzene rings is 1. The van der Waals surface area contributed by atoms with E-state index in [2.05, 4.69) is 4.98 Å². The SMILES string of the molecule is CN(C)n1c(N)nc2cc(Cl)c(F)cc21. The van der Waals surface area contributed by atoms with Gasteiger partial charge in [-0.15, -0.1) is 0 Å². The van der Waals surface area contributed by atoms with Crippen molar-refractivity contribution in [3.8, 4) is 0 Å². The molecule has 4 nitrogen and oxygen atoms in total. The Hall–Kier alpha value is -1.49. The number of nitrogens with two attached hydrogens (primary N) is 1. The number of aromatic nitrogens is 2. The van der Waals surface area contributed by atoms with E-state index < -0.39 is 5.82 Å². The maximum absolute atomic E-state index is 13.3. The molecule has 6 heteroatoms. The van der Waals surface area contributed by atoms with E-state index in [0.29, 0.717) is 17.0 Å². The van der Waals surface area contributed by atoms with Gasteiger partial charge in [0, 0.05) is 20.2 Å². The molecule has 0 aliphatic carbocycles. The number of hydrogen-bond acceptors (Lipinski definition) is 3. The maximum Gasteiger partial charge on any atom is 0.220 e. The number of rotatable bonds is 1. The lowest BCUT2D eigenvalue weighted by molar-refractivity contribution is 0.628. The Bertz CT molecular complexity index is 520. The van der Waals surface area contributed by atoms with Crippen molar-refractivity contribution in [3.63, 3.8) is 0 Å². The number of nitrogen functional groups attached to an aromatic ring is 1. The average Bonchev–Trinajstić information content (AvgIpc) is 2.41. The smallest absolute Gasteiger partial charge is 0.220 e. The van der Waals surface area contributed by atoms with Crippen molar-refractivity contribution in [2.24, 2.45) is 0 Å². The topological polar surface area (TPSA) is 47.1 Å². The van der Waals surface area contributed by atoms with Crippen molar-refractivity contribution in [2.75, 3.05) is 24.8 Å². The largest absolute Gasteiger partial charge is 0.368 e. The zero-order valence-electron chi connectivity index (χ0n) is 8.33. The lowest BCUT2D eigenvalue weighted by atomic mass is 10.3. The van der Waals surface area contributed by atoms with Gasteiger partial charge in [0.25, 0.3) is 0 Å². The van der Waals surface area contributed by atoms with Gasteiger partial charge >= 0.3 is 0 Å². The van der Waals surface area contributed by atoms with E-state index in [9.17, 15) is 4.39 Å². The molecule has 0 aliphatic heterocycles. The fraction of sp³-hybridized carbons (Fsp3) is 0.222. The number of anilines is 1. The summed E-state index contributed by atoms with van der Waals surface area (Å²) in [5, 5.41) is 1.77. The number of fused-ring (bicyclic) bond motifs is 1. The summed E-state index contributed by atoms with van der Waals surface area (Å²) in [6.07, 6.45) is 0. The maximum atomic E-state index is 13.3. The fourth-order valence-corrected chi connectivity index (χ4v) is 1.66. The quantitative estimate of drug-likeness (QED) is 0.807. The Kier molecular flexibility index (Phi) is 2.19. The van der Waals surface area contributed by atoms with Crippen LogP contribution < -0.4 is 10.7 Å². The van der Waals surface area contributed by atoms with Crippen molar-refractivity contribution < 1.29 is 4.39 Å². The summed E-state index contributed by atoms with van der Waals surface area (Å²) in [5.74, 6) is -0.177. The molecular formula is C9H10ClFN4. The highest BCUT2D eigenvalue weighted by Gasteiger charge is 2.12. The first kappa shape index (κ1) is 10.0. The summed E-state index contributed by atoms with van der Waals surface area (Å²) >= 11 is 5.65. The zero-order valence-corrected chi connectivity index (χ0v) is 9.09. The predicted molar refractivity (Wildman–Crippen MR) is 59.2 cm³/mol. The summed E-state index contributed by atoms with van der Waals surface area (Å²) in [6.45, 7) is 0. The van der Waals surface area contributed by atoms with Crippen molar-refractivity contribution in [1.29, 1.82) is 0 Å². The molecule has 0 atom stereocenters. The van der Waals surface area contributed by atoms with Crippen molar-refractivity contribution >= 4 is 28.6 Å². The van der Waals surface area contributed by atoms with Crippen molar-refractivity contribution in [2.45, 2.75) is 0 Å². The molecule has 0 saturated carbocycles. The van der Waals surface area contributed by atoms with Crippen LogP contribution >= 0.6 is 11.6 Å².